The number of nitrogens with two attached hydrogens (primary N) is 1. The highest BCUT2D eigenvalue weighted by atomic mass is 32.1. The number of rotatable bonds is 3. The molecule has 0 aliphatic heterocycles. The Hall–Kier alpha value is -1.88. The second-order valence-corrected chi connectivity index (χ2v) is 5.45. The van der Waals surface area contributed by atoms with Crippen molar-refractivity contribution in [3.05, 3.63) is 40.0 Å². The SMILES string of the molecule is CCc1c(-c2cccc(C)c2F)sc(C(=O)OC)c1N. The third kappa shape index (κ3) is 2.29. The van der Waals surface area contributed by atoms with E-state index >= 15 is 0 Å². The van der Waals surface area contributed by atoms with Gasteiger partial charge >= 0.3 is 5.97 Å². The van der Waals surface area contributed by atoms with Gasteiger partial charge in [-0.25, -0.2) is 9.18 Å². The van der Waals surface area contributed by atoms with E-state index in [1.807, 2.05) is 6.92 Å². The zero-order valence-electron chi connectivity index (χ0n) is 11.6. The molecule has 0 aliphatic rings. The van der Waals surface area contributed by atoms with E-state index in [9.17, 15) is 9.18 Å². The molecule has 1 aromatic carbocycles. The number of hydrogen-bond donors (Lipinski definition) is 1. The highest BCUT2D eigenvalue weighted by Gasteiger charge is 2.23. The highest BCUT2D eigenvalue weighted by Crippen LogP contribution is 2.40. The van der Waals surface area contributed by atoms with Crippen LogP contribution in [0.15, 0.2) is 18.2 Å². The molecule has 0 aliphatic carbocycles. The number of nitrogen functional groups attached to an aromatic ring is 1. The average molecular weight is 293 g/mol. The lowest BCUT2D eigenvalue weighted by molar-refractivity contribution is 0.0607. The number of benzene rings is 1. The quantitative estimate of drug-likeness (QED) is 0.876. The summed E-state index contributed by atoms with van der Waals surface area (Å²) in [5, 5.41) is 0. The number of anilines is 1. The maximum Gasteiger partial charge on any atom is 0.350 e. The molecule has 0 bridgehead atoms. The summed E-state index contributed by atoms with van der Waals surface area (Å²) in [6.07, 6.45) is 0.627. The first-order valence-electron chi connectivity index (χ1n) is 6.26. The second-order valence-electron chi connectivity index (χ2n) is 4.43. The van der Waals surface area contributed by atoms with Gasteiger partial charge in [-0.3, -0.25) is 0 Å². The molecule has 1 heterocycles. The molecule has 0 fully saturated rings. The predicted molar refractivity (Wildman–Crippen MR) is 79.6 cm³/mol. The van der Waals surface area contributed by atoms with E-state index in [1.54, 1.807) is 25.1 Å². The van der Waals surface area contributed by atoms with Gasteiger partial charge in [0.15, 0.2) is 0 Å². The third-order valence-electron chi connectivity index (χ3n) is 3.21. The molecule has 20 heavy (non-hydrogen) atoms. The van der Waals surface area contributed by atoms with Crippen molar-refractivity contribution in [3.63, 3.8) is 0 Å². The van der Waals surface area contributed by atoms with Crippen LogP contribution < -0.4 is 5.73 Å². The minimum atomic E-state index is -0.485. The van der Waals surface area contributed by atoms with E-state index in [0.717, 1.165) is 5.56 Å². The lowest BCUT2D eigenvalue weighted by Crippen LogP contribution is -2.02. The Labute approximate surface area is 121 Å². The summed E-state index contributed by atoms with van der Waals surface area (Å²) in [5.41, 5.74) is 8.23. The molecule has 0 unspecified atom stereocenters. The van der Waals surface area contributed by atoms with Crippen LogP contribution in [0.2, 0.25) is 0 Å². The van der Waals surface area contributed by atoms with Crippen molar-refractivity contribution < 1.29 is 13.9 Å². The number of hydrogen-bond acceptors (Lipinski definition) is 4. The third-order valence-corrected chi connectivity index (χ3v) is 4.47. The van der Waals surface area contributed by atoms with E-state index < -0.39 is 5.97 Å². The predicted octanol–water partition coefficient (Wildman–Crippen LogP) is 3.79. The van der Waals surface area contributed by atoms with Gasteiger partial charge in [0.1, 0.15) is 10.7 Å². The highest BCUT2D eigenvalue weighted by molar-refractivity contribution is 7.18. The van der Waals surface area contributed by atoms with Gasteiger partial charge < -0.3 is 10.5 Å². The van der Waals surface area contributed by atoms with Gasteiger partial charge in [0.05, 0.1) is 12.8 Å². The lowest BCUT2D eigenvalue weighted by atomic mass is 10.0. The van der Waals surface area contributed by atoms with Crippen molar-refractivity contribution in [2.45, 2.75) is 20.3 Å². The lowest BCUT2D eigenvalue weighted by Gasteiger charge is -2.06. The average Bonchev–Trinajstić information content (AvgIpc) is 2.77. The molecule has 0 atom stereocenters. The zero-order chi connectivity index (χ0) is 14.9. The first-order chi connectivity index (χ1) is 9.51. The molecule has 0 amide bonds. The molecule has 0 spiro atoms. The van der Waals surface area contributed by atoms with E-state index in [1.165, 1.54) is 18.4 Å². The van der Waals surface area contributed by atoms with Crippen molar-refractivity contribution in [1.29, 1.82) is 0 Å². The van der Waals surface area contributed by atoms with Gasteiger partial charge in [0.25, 0.3) is 0 Å². The zero-order valence-corrected chi connectivity index (χ0v) is 12.4. The molecule has 0 saturated heterocycles. The van der Waals surface area contributed by atoms with E-state index in [2.05, 4.69) is 0 Å². The fourth-order valence-electron chi connectivity index (χ4n) is 2.11. The number of aryl methyl sites for hydroxylation is 1. The standard InChI is InChI=1S/C15H16FNO2S/c1-4-9-12(17)14(15(18)19-3)20-13(9)10-7-5-6-8(2)11(10)16/h5-7H,4,17H2,1-3H3. The summed E-state index contributed by atoms with van der Waals surface area (Å²) in [6.45, 7) is 3.64. The first-order valence-corrected chi connectivity index (χ1v) is 7.07. The van der Waals surface area contributed by atoms with Crippen molar-refractivity contribution >= 4 is 23.0 Å². The summed E-state index contributed by atoms with van der Waals surface area (Å²) in [4.78, 5) is 12.7. The second kappa shape index (κ2) is 5.63. The van der Waals surface area contributed by atoms with Gasteiger partial charge in [-0.05, 0) is 24.5 Å². The summed E-state index contributed by atoms with van der Waals surface area (Å²) in [7, 11) is 1.31. The molecule has 0 saturated carbocycles. The molecular weight excluding hydrogens is 277 g/mol. The summed E-state index contributed by atoms with van der Waals surface area (Å²) >= 11 is 1.18. The molecular formula is C15H16FNO2S. The Balaban J connectivity index is 2.68. The Kier molecular flexibility index (Phi) is 4.09. The van der Waals surface area contributed by atoms with Crippen molar-refractivity contribution in [3.8, 4) is 10.4 Å². The van der Waals surface area contributed by atoms with E-state index in [0.29, 0.717) is 33.0 Å². The van der Waals surface area contributed by atoms with Crippen LogP contribution in [0.25, 0.3) is 10.4 Å². The fraction of sp³-hybridized carbons (Fsp3) is 0.267. The first kappa shape index (κ1) is 14.5. The van der Waals surface area contributed by atoms with Gasteiger partial charge in [0.2, 0.25) is 0 Å². The number of halogens is 1. The van der Waals surface area contributed by atoms with Gasteiger partial charge in [-0.2, -0.15) is 0 Å². The van der Waals surface area contributed by atoms with E-state index in [4.69, 9.17) is 10.5 Å². The van der Waals surface area contributed by atoms with Gasteiger partial charge in [0, 0.05) is 10.4 Å². The number of carbonyl (C=O) groups excluding carboxylic acids is 1. The Morgan fingerprint density at radius 1 is 1.45 bits per heavy atom. The molecule has 2 rings (SSSR count). The Morgan fingerprint density at radius 3 is 2.75 bits per heavy atom. The molecule has 3 nitrogen and oxygen atoms in total. The number of ether oxygens (including phenoxy) is 1. The molecule has 0 radical (unpaired) electrons. The molecule has 106 valence electrons. The van der Waals surface area contributed by atoms with Crippen LogP contribution >= 0.6 is 11.3 Å². The van der Waals surface area contributed by atoms with Gasteiger partial charge in [-0.1, -0.05) is 25.1 Å². The van der Waals surface area contributed by atoms with Crippen molar-refractivity contribution in [2.75, 3.05) is 12.8 Å². The number of carbonyl (C=O) groups is 1. The number of esters is 1. The molecule has 2 N–H and O–H groups in total. The largest absolute Gasteiger partial charge is 0.465 e. The van der Waals surface area contributed by atoms with Crippen LogP contribution in [0.4, 0.5) is 10.1 Å². The topological polar surface area (TPSA) is 52.3 Å². The maximum absolute atomic E-state index is 14.3. The molecule has 2 aromatic rings. The molecule has 1 aromatic heterocycles. The van der Waals surface area contributed by atoms with Crippen LogP contribution in [0.5, 0.6) is 0 Å². The van der Waals surface area contributed by atoms with E-state index in [-0.39, 0.29) is 5.82 Å². The minimum Gasteiger partial charge on any atom is -0.465 e. The van der Waals surface area contributed by atoms with Crippen molar-refractivity contribution in [1.82, 2.24) is 0 Å². The summed E-state index contributed by atoms with van der Waals surface area (Å²) < 4.78 is 19.0. The normalized spacial score (nSPS) is 10.6. The maximum atomic E-state index is 14.3. The van der Waals surface area contributed by atoms with Crippen LogP contribution in [0.1, 0.15) is 27.7 Å². The van der Waals surface area contributed by atoms with Crippen LogP contribution in [-0.2, 0) is 11.2 Å². The smallest absolute Gasteiger partial charge is 0.350 e. The minimum absolute atomic E-state index is 0.278. The monoisotopic (exact) mass is 293 g/mol. The summed E-state index contributed by atoms with van der Waals surface area (Å²) in [5.74, 6) is -0.763. The summed E-state index contributed by atoms with van der Waals surface area (Å²) in [6, 6.07) is 5.21. The van der Waals surface area contributed by atoms with Crippen LogP contribution in [-0.4, -0.2) is 13.1 Å². The van der Waals surface area contributed by atoms with Crippen LogP contribution in [0.3, 0.4) is 0 Å². The fourth-order valence-corrected chi connectivity index (χ4v) is 3.36. The molecule has 5 heteroatoms. The number of methoxy groups -OCH3 is 1. The Morgan fingerprint density at radius 2 is 2.15 bits per heavy atom. The van der Waals surface area contributed by atoms with Gasteiger partial charge in [-0.15, -0.1) is 11.3 Å². The van der Waals surface area contributed by atoms with Crippen LogP contribution in [0, 0.1) is 12.7 Å². The Bertz CT molecular complexity index is 664. The number of thiophene rings is 1. The van der Waals surface area contributed by atoms with Crippen molar-refractivity contribution in [2.24, 2.45) is 0 Å².